The van der Waals surface area contributed by atoms with Gasteiger partial charge in [-0.3, -0.25) is 0 Å². The zero-order valence-corrected chi connectivity index (χ0v) is 13.2. The second-order valence-electron chi connectivity index (χ2n) is 5.34. The van der Waals surface area contributed by atoms with Crippen molar-refractivity contribution >= 4 is 6.03 Å². The molecule has 124 valence electrons. The number of aromatic nitrogens is 2. The summed E-state index contributed by atoms with van der Waals surface area (Å²) in [5.41, 5.74) is 0.154. The molecule has 0 fully saturated rings. The molecule has 23 heavy (non-hydrogen) atoms. The van der Waals surface area contributed by atoms with Crippen LogP contribution >= 0.6 is 0 Å². The number of rotatable bonds is 6. The molecule has 1 N–H and O–H groups in total. The van der Waals surface area contributed by atoms with Crippen molar-refractivity contribution in [1.29, 1.82) is 0 Å². The highest BCUT2D eigenvalue weighted by atomic mass is 19.1. The lowest BCUT2D eigenvalue weighted by atomic mass is 10.1. The maximum absolute atomic E-state index is 13.8. The van der Waals surface area contributed by atoms with E-state index in [0.29, 0.717) is 6.54 Å². The summed E-state index contributed by atoms with van der Waals surface area (Å²) in [6, 6.07) is 2.34. The Bertz CT molecular complexity index is 646. The van der Waals surface area contributed by atoms with Gasteiger partial charge in [0.05, 0.1) is 12.4 Å². The summed E-state index contributed by atoms with van der Waals surface area (Å²) in [6.45, 7) is 2.89. The Morgan fingerprint density at radius 3 is 2.91 bits per heavy atom. The molecule has 0 aliphatic heterocycles. The minimum Gasteiger partial charge on any atom is -0.338 e. The first-order valence-corrected chi connectivity index (χ1v) is 7.40. The van der Waals surface area contributed by atoms with E-state index in [1.54, 1.807) is 26.5 Å². The molecular formula is C16H20F2N4O. The van der Waals surface area contributed by atoms with Crippen LogP contribution in [0.25, 0.3) is 0 Å². The smallest absolute Gasteiger partial charge is 0.317 e. The number of aryl methyl sites for hydroxylation is 1. The molecule has 0 saturated carbocycles. The van der Waals surface area contributed by atoms with E-state index in [0.717, 1.165) is 31.2 Å². The highest BCUT2D eigenvalue weighted by Crippen LogP contribution is 2.22. The molecule has 0 radical (unpaired) electrons. The number of halogens is 2. The van der Waals surface area contributed by atoms with Crippen LogP contribution in [0.4, 0.5) is 13.6 Å². The molecule has 1 atom stereocenters. The summed E-state index contributed by atoms with van der Waals surface area (Å²) >= 11 is 0. The third kappa shape index (κ3) is 4.51. The zero-order valence-electron chi connectivity index (χ0n) is 13.2. The molecule has 0 saturated heterocycles. The van der Waals surface area contributed by atoms with Crippen molar-refractivity contribution in [3.8, 4) is 0 Å². The van der Waals surface area contributed by atoms with Gasteiger partial charge in [0.15, 0.2) is 0 Å². The Hall–Kier alpha value is -2.44. The van der Waals surface area contributed by atoms with Crippen molar-refractivity contribution in [2.24, 2.45) is 0 Å². The van der Waals surface area contributed by atoms with Gasteiger partial charge in [-0.15, -0.1) is 0 Å². The molecule has 0 aliphatic carbocycles. The minimum absolute atomic E-state index is 0.154. The Kier molecular flexibility index (Phi) is 5.67. The number of benzene rings is 1. The van der Waals surface area contributed by atoms with E-state index in [-0.39, 0.29) is 11.6 Å². The first kappa shape index (κ1) is 16.9. The minimum atomic E-state index is -0.570. The third-order valence-electron chi connectivity index (χ3n) is 3.74. The number of imidazole rings is 1. The van der Waals surface area contributed by atoms with E-state index in [1.807, 2.05) is 10.8 Å². The van der Waals surface area contributed by atoms with Crippen molar-refractivity contribution < 1.29 is 13.6 Å². The van der Waals surface area contributed by atoms with Crippen LogP contribution in [0.3, 0.4) is 0 Å². The van der Waals surface area contributed by atoms with Gasteiger partial charge < -0.3 is 14.8 Å². The topological polar surface area (TPSA) is 50.2 Å². The number of amides is 2. The van der Waals surface area contributed by atoms with Gasteiger partial charge in [-0.1, -0.05) is 0 Å². The second-order valence-corrected chi connectivity index (χ2v) is 5.34. The number of hydrogen-bond donors (Lipinski definition) is 1. The first-order valence-electron chi connectivity index (χ1n) is 7.40. The van der Waals surface area contributed by atoms with Gasteiger partial charge >= 0.3 is 6.03 Å². The number of nitrogens with zero attached hydrogens (tertiary/aromatic N) is 3. The van der Waals surface area contributed by atoms with Crippen LogP contribution in [0.5, 0.6) is 0 Å². The Morgan fingerprint density at radius 1 is 1.43 bits per heavy atom. The van der Waals surface area contributed by atoms with E-state index >= 15 is 0 Å². The second kappa shape index (κ2) is 7.71. The molecule has 0 aliphatic rings. The van der Waals surface area contributed by atoms with Crippen molar-refractivity contribution in [3.05, 3.63) is 54.1 Å². The average Bonchev–Trinajstić information content (AvgIpc) is 3.05. The fraction of sp³-hybridized carbons (Fsp3) is 0.375. The maximum Gasteiger partial charge on any atom is 0.317 e. The Balaban J connectivity index is 1.84. The van der Waals surface area contributed by atoms with Crippen LogP contribution < -0.4 is 5.32 Å². The standard InChI is InChI=1S/C16H20F2N4O/c1-12(14-10-13(17)4-5-15(14)18)21(2)16(23)20-6-3-8-22-9-7-19-11-22/h4-5,7,9-12H,3,6,8H2,1-2H3,(H,20,23)/t12-/m1/s1. The highest BCUT2D eigenvalue weighted by molar-refractivity contribution is 5.74. The van der Waals surface area contributed by atoms with Crippen molar-refractivity contribution in [2.75, 3.05) is 13.6 Å². The predicted molar refractivity (Wildman–Crippen MR) is 82.8 cm³/mol. The van der Waals surface area contributed by atoms with Crippen LogP contribution in [-0.4, -0.2) is 34.1 Å². The lowest BCUT2D eigenvalue weighted by molar-refractivity contribution is 0.193. The van der Waals surface area contributed by atoms with Crippen LogP contribution in [0.2, 0.25) is 0 Å². The fourth-order valence-electron chi connectivity index (χ4n) is 2.22. The van der Waals surface area contributed by atoms with Gasteiger partial charge in [-0.05, 0) is 31.5 Å². The molecule has 2 amide bonds. The molecule has 2 aromatic rings. The van der Waals surface area contributed by atoms with Crippen LogP contribution in [0.15, 0.2) is 36.9 Å². The van der Waals surface area contributed by atoms with Gasteiger partial charge in [0, 0.05) is 38.1 Å². The van der Waals surface area contributed by atoms with Gasteiger partial charge in [0.1, 0.15) is 11.6 Å². The largest absolute Gasteiger partial charge is 0.338 e. The van der Waals surface area contributed by atoms with Gasteiger partial charge in [-0.25, -0.2) is 18.6 Å². The Morgan fingerprint density at radius 2 is 2.22 bits per heavy atom. The van der Waals surface area contributed by atoms with Gasteiger partial charge in [0.2, 0.25) is 0 Å². The van der Waals surface area contributed by atoms with Crippen LogP contribution in [0, 0.1) is 11.6 Å². The SMILES string of the molecule is C[C@H](c1cc(F)ccc1F)N(C)C(=O)NCCCn1ccnc1. The van der Waals surface area contributed by atoms with Crippen LogP contribution in [-0.2, 0) is 6.54 Å². The van der Waals surface area contributed by atoms with Crippen molar-refractivity contribution in [2.45, 2.75) is 25.9 Å². The van der Waals surface area contributed by atoms with E-state index in [1.165, 1.54) is 4.90 Å². The number of carbonyl (C=O) groups is 1. The summed E-state index contributed by atoms with van der Waals surface area (Å²) in [5, 5.41) is 2.77. The quantitative estimate of drug-likeness (QED) is 0.831. The molecule has 1 heterocycles. The van der Waals surface area contributed by atoms with Crippen molar-refractivity contribution in [1.82, 2.24) is 19.8 Å². The zero-order chi connectivity index (χ0) is 16.8. The monoisotopic (exact) mass is 322 g/mol. The molecule has 7 heteroatoms. The first-order chi connectivity index (χ1) is 11.0. The van der Waals surface area contributed by atoms with Gasteiger partial charge in [-0.2, -0.15) is 0 Å². The number of carbonyl (C=O) groups excluding carboxylic acids is 1. The number of urea groups is 1. The number of nitrogens with one attached hydrogen (secondary N) is 1. The average molecular weight is 322 g/mol. The molecule has 2 rings (SSSR count). The number of hydrogen-bond acceptors (Lipinski definition) is 2. The molecular weight excluding hydrogens is 302 g/mol. The lowest BCUT2D eigenvalue weighted by Crippen LogP contribution is -2.39. The molecule has 0 unspecified atom stereocenters. The summed E-state index contributed by atoms with van der Waals surface area (Å²) in [6.07, 6.45) is 6.01. The van der Waals surface area contributed by atoms with Crippen molar-refractivity contribution in [3.63, 3.8) is 0 Å². The summed E-state index contributed by atoms with van der Waals surface area (Å²) in [7, 11) is 1.56. The fourth-order valence-corrected chi connectivity index (χ4v) is 2.22. The van der Waals surface area contributed by atoms with E-state index in [4.69, 9.17) is 0 Å². The van der Waals surface area contributed by atoms with Crippen LogP contribution in [0.1, 0.15) is 24.9 Å². The summed E-state index contributed by atoms with van der Waals surface area (Å²) in [5.74, 6) is -1.05. The molecule has 1 aromatic heterocycles. The Labute approximate surface area is 133 Å². The summed E-state index contributed by atoms with van der Waals surface area (Å²) < 4.78 is 29.0. The predicted octanol–water partition coefficient (Wildman–Crippen LogP) is 2.95. The molecule has 0 bridgehead atoms. The van der Waals surface area contributed by atoms with E-state index in [2.05, 4.69) is 10.3 Å². The lowest BCUT2D eigenvalue weighted by Gasteiger charge is -2.26. The molecule has 5 nitrogen and oxygen atoms in total. The molecule has 1 aromatic carbocycles. The summed E-state index contributed by atoms with van der Waals surface area (Å²) in [4.78, 5) is 17.4. The highest BCUT2D eigenvalue weighted by Gasteiger charge is 2.20. The third-order valence-corrected chi connectivity index (χ3v) is 3.74. The van der Waals surface area contributed by atoms with Gasteiger partial charge in [0.25, 0.3) is 0 Å². The maximum atomic E-state index is 13.8. The van der Waals surface area contributed by atoms with E-state index < -0.39 is 17.7 Å². The van der Waals surface area contributed by atoms with E-state index in [9.17, 15) is 13.6 Å². The molecule has 0 spiro atoms. The normalized spacial score (nSPS) is 12.0.